The highest BCUT2D eigenvalue weighted by Gasteiger charge is 2.11. The second-order valence-corrected chi connectivity index (χ2v) is 4.61. The minimum absolute atomic E-state index is 0.0689. The largest absolute Gasteiger partial charge is 0.493 e. The highest BCUT2D eigenvalue weighted by Crippen LogP contribution is 2.28. The zero-order chi connectivity index (χ0) is 15.9. The third kappa shape index (κ3) is 3.77. The average molecular weight is 301 g/mol. The van der Waals surface area contributed by atoms with Crippen molar-refractivity contribution in [2.75, 3.05) is 19.0 Å². The first-order valence-corrected chi connectivity index (χ1v) is 7.00. The summed E-state index contributed by atoms with van der Waals surface area (Å²) in [7, 11) is 1.53. The van der Waals surface area contributed by atoms with Gasteiger partial charge in [-0.05, 0) is 42.8 Å². The maximum absolute atomic E-state index is 12.3. The van der Waals surface area contributed by atoms with E-state index in [2.05, 4.69) is 5.32 Å². The minimum Gasteiger partial charge on any atom is -0.493 e. The number of methoxy groups -OCH3 is 1. The van der Waals surface area contributed by atoms with Gasteiger partial charge in [-0.15, -0.1) is 0 Å². The van der Waals surface area contributed by atoms with Gasteiger partial charge in [-0.25, -0.2) is 0 Å². The molecule has 0 fully saturated rings. The van der Waals surface area contributed by atoms with Crippen molar-refractivity contribution in [3.63, 3.8) is 0 Å². The molecule has 0 aromatic heterocycles. The molecule has 0 aliphatic carbocycles. The Morgan fingerprint density at radius 3 is 2.68 bits per heavy atom. The van der Waals surface area contributed by atoms with Gasteiger partial charge in [0.2, 0.25) is 0 Å². The van der Waals surface area contributed by atoms with Gasteiger partial charge in [0.15, 0.2) is 11.5 Å². The monoisotopic (exact) mass is 301 g/mol. The molecule has 0 heterocycles. The molecule has 1 amide bonds. The Balaban J connectivity index is 2.18. The fraction of sp³-hybridized carbons (Fsp3) is 0.235. The lowest BCUT2D eigenvalue weighted by Gasteiger charge is -2.11. The summed E-state index contributed by atoms with van der Waals surface area (Å²) in [5, 5.41) is 11.9. The summed E-state index contributed by atoms with van der Waals surface area (Å²) in [5.74, 6) is 0.860. The molecule has 0 saturated heterocycles. The summed E-state index contributed by atoms with van der Waals surface area (Å²) < 4.78 is 10.7. The van der Waals surface area contributed by atoms with E-state index in [4.69, 9.17) is 14.6 Å². The number of ether oxygens (including phenoxy) is 2. The third-order valence-electron chi connectivity index (χ3n) is 3.09. The maximum Gasteiger partial charge on any atom is 0.255 e. The Morgan fingerprint density at radius 1 is 1.18 bits per heavy atom. The van der Waals surface area contributed by atoms with Crippen LogP contribution >= 0.6 is 0 Å². The number of benzene rings is 2. The number of aliphatic hydroxyl groups is 1. The Hall–Kier alpha value is -2.53. The van der Waals surface area contributed by atoms with Crippen LogP contribution in [-0.4, -0.2) is 24.7 Å². The van der Waals surface area contributed by atoms with E-state index in [1.165, 1.54) is 7.11 Å². The van der Waals surface area contributed by atoms with Crippen LogP contribution in [-0.2, 0) is 6.61 Å². The molecule has 2 rings (SSSR count). The predicted molar refractivity (Wildman–Crippen MR) is 84.5 cm³/mol. The van der Waals surface area contributed by atoms with E-state index in [9.17, 15) is 4.79 Å². The number of aliphatic hydroxyl groups excluding tert-OH is 1. The van der Waals surface area contributed by atoms with E-state index in [0.29, 0.717) is 29.4 Å². The molecule has 22 heavy (non-hydrogen) atoms. The standard InChI is InChI=1S/C17H19NO4/c1-3-22-15-8-7-13(10-16(15)21-2)17(20)18-14-6-4-5-12(9-14)11-19/h4-10,19H,3,11H2,1-2H3,(H,18,20). The van der Waals surface area contributed by atoms with Gasteiger partial charge in [-0.3, -0.25) is 4.79 Å². The number of carbonyl (C=O) groups is 1. The number of carbonyl (C=O) groups excluding carboxylic acids is 1. The van der Waals surface area contributed by atoms with Crippen molar-refractivity contribution in [2.24, 2.45) is 0 Å². The van der Waals surface area contributed by atoms with Crippen LogP contribution in [0.1, 0.15) is 22.8 Å². The Morgan fingerprint density at radius 2 is 2.00 bits per heavy atom. The van der Waals surface area contributed by atoms with Crippen LogP contribution in [0.15, 0.2) is 42.5 Å². The van der Waals surface area contributed by atoms with Gasteiger partial charge in [-0.1, -0.05) is 12.1 Å². The second kappa shape index (κ2) is 7.47. The molecule has 5 heteroatoms. The molecule has 0 bridgehead atoms. The molecule has 0 saturated carbocycles. The molecule has 2 aromatic carbocycles. The number of anilines is 1. The lowest BCUT2D eigenvalue weighted by Crippen LogP contribution is -2.12. The Kier molecular flexibility index (Phi) is 5.38. The summed E-state index contributed by atoms with van der Waals surface area (Å²) in [6, 6.07) is 12.1. The Labute approximate surface area is 129 Å². The van der Waals surface area contributed by atoms with Crippen LogP contribution < -0.4 is 14.8 Å². The first-order chi connectivity index (χ1) is 10.7. The van der Waals surface area contributed by atoms with Crippen LogP contribution in [0.2, 0.25) is 0 Å². The fourth-order valence-corrected chi connectivity index (χ4v) is 2.03. The van der Waals surface area contributed by atoms with E-state index < -0.39 is 0 Å². The van der Waals surface area contributed by atoms with Crippen molar-refractivity contribution in [3.05, 3.63) is 53.6 Å². The van der Waals surface area contributed by atoms with Crippen LogP contribution in [0.25, 0.3) is 0 Å². The Bertz CT molecular complexity index is 655. The lowest BCUT2D eigenvalue weighted by molar-refractivity contribution is 0.102. The van der Waals surface area contributed by atoms with E-state index in [1.807, 2.05) is 6.92 Å². The molecule has 0 aliphatic heterocycles. The van der Waals surface area contributed by atoms with Crippen molar-refractivity contribution >= 4 is 11.6 Å². The van der Waals surface area contributed by atoms with Crippen molar-refractivity contribution in [3.8, 4) is 11.5 Å². The minimum atomic E-state index is -0.253. The summed E-state index contributed by atoms with van der Waals surface area (Å²) >= 11 is 0. The van der Waals surface area contributed by atoms with Gasteiger partial charge in [0, 0.05) is 11.3 Å². The first-order valence-electron chi connectivity index (χ1n) is 7.00. The predicted octanol–water partition coefficient (Wildman–Crippen LogP) is 2.84. The van der Waals surface area contributed by atoms with Crippen molar-refractivity contribution in [2.45, 2.75) is 13.5 Å². The summed E-state index contributed by atoms with van der Waals surface area (Å²) in [6.45, 7) is 2.34. The maximum atomic E-state index is 12.3. The van der Waals surface area contributed by atoms with Crippen LogP contribution in [0.4, 0.5) is 5.69 Å². The lowest BCUT2D eigenvalue weighted by atomic mass is 10.1. The van der Waals surface area contributed by atoms with Crippen LogP contribution in [0.3, 0.4) is 0 Å². The zero-order valence-electron chi connectivity index (χ0n) is 12.6. The molecule has 2 aromatic rings. The van der Waals surface area contributed by atoms with Crippen LogP contribution in [0.5, 0.6) is 11.5 Å². The van der Waals surface area contributed by atoms with Crippen molar-refractivity contribution in [1.82, 2.24) is 0 Å². The molecule has 0 unspecified atom stereocenters. The third-order valence-corrected chi connectivity index (χ3v) is 3.09. The van der Waals surface area contributed by atoms with Gasteiger partial charge in [-0.2, -0.15) is 0 Å². The van der Waals surface area contributed by atoms with E-state index in [-0.39, 0.29) is 12.5 Å². The molecular weight excluding hydrogens is 282 g/mol. The molecule has 5 nitrogen and oxygen atoms in total. The van der Waals surface area contributed by atoms with Crippen LogP contribution in [0, 0.1) is 0 Å². The van der Waals surface area contributed by atoms with E-state index >= 15 is 0 Å². The number of nitrogens with one attached hydrogen (secondary N) is 1. The number of hydrogen-bond acceptors (Lipinski definition) is 4. The fourth-order valence-electron chi connectivity index (χ4n) is 2.03. The highest BCUT2D eigenvalue weighted by atomic mass is 16.5. The molecule has 2 N–H and O–H groups in total. The second-order valence-electron chi connectivity index (χ2n) is 4.61. The number of hydrogen-bond donors (Lipinski definition) is 2. The van der Waals surface area contributed by atoms with Crippen molar-refractivity contribution < 1.29 is 19.4 Å². The average Bonchev–Trinajstić information content (AvgIpc) is 2.55. The van der Waals surface area contributed by atoms with E-state index in [0.717, 1.165) is 5.56 Å². The normalized spacial score (nSPS) is 10.1. The summed E-state index contributed by atoms with van der Waals surface area (Å²) in [5.41, 5.74) is 1.83. The van der Waals surface area contributed by atoms with Gasteiger partial charge in [0.25, 0.3) is 5.91 Å². The smallest absolute Gasteiger partial charge is 0.255 e. The van der Waals surface area contributed by atoms with Gasteiger partial charge in [0.05, 0.1) is 20.3 Å². The summed E-state index contributed by atoms with van der Waals surface area (Å²) in [4.78, 5) is 12.3. The first kappa shape index (κ1) is 15.9. The molecule has 116 valence electrons. The summed E-state index contributed by atoms with van der Waals surface area (Å²) in [6.07, 6.45) is 0. The van der Waals surface area contributed by atoms with Gasteiger partial charge in [0.1, 0.15) is 0 Å². The zero-order valence-corrected chi connectivity index (χ0v) is 12.6. The molecular formula is C17H19NO4. The molecule has 0 spiro atoms. The molecule has 0 aliphatic rings. The SMILES string of the molecule is CCOc1ccc(C(=O)Nc2cccc(CO)c2)cc1OC. The topological polar surface area (TPSA) is 67.8 Å². The van der Waals surface area contributed by atoms with Gasteiger partial charge >= 0.3 is 0 Å². The van der Waals surface area contributed by atoms with Crippen molar-refractivity contribution in [1.29, 1.82) is 0 Å². The molecule has 0 radical (unpaired) electrons. The molecule has 0 atom stereocenters. The number of amides is 1. The highest BCUT2D eigenvalue weighted by molar-refractivity contribution is 6.04. The quantitative estimate of drug-likeness (QED) is 0.861. The van der Waals surface area contributed by atoms with Gasteiger partial charge < -0.3 is 19.9 Å². The van der Waals surface area contributed by atoms with E-state index in [1.54, 1.807) is 42.5 Å². The number of rotatable bonds is 6.